The lowest BCUT2D eigenvalue weighted by Gasteiger charge is -2.23. The van der Waals surface area contributed by atoms with Gasteiger partial charge in [0.15, 0.2) is 5.17 Å². The van der Waals surface area contributed by atoms with Gasteiger partial charge in [-0.1, -0.05) is 0 Å². The molecule has 2 N–H and O–H groups in total. The lowest BCUT2D eigenvalue weighted by molar-refractivity contribution is -0.870. The molecule has 0 aliphatic carbocycles. The first-order chi connectivity index (χ1) is 5.95. The highest BCUT2D eigenvalue weighted by Gasteiger charge is 2.06. The molecular formula is C8H20N3OS+. The Labute approximate surface area is 84.9 Å². The molecule has 0 radical (unpaired) electrons. The third-order valence-electron chi connectivity index (χ3n) is 1.30. The third-order valence-corrected chi connectivity index (χ3v) is 1.89. The van der Waals surface area contributed by atoms with Gasteiger partial charge in [0.05, 0.1) is 33.2 Å². The topological polar surface area (TPSA) is 47.6 Å². The predicted octanol–water partition coefficient (Wildman–Crippen LogP) is 0.692. The van der Waals surface area contributed by atoms with E-state index in [4.69, 9.17) is 9.92 Å². The normalized spacial score (nSPS) is 13.4. The molecule has 0 rings (SSSR count). The van der Waals surface area contributed by atoms with E-state index in [-0.39, 0.29) is 0 Å². The number of nitrogens with two attached hydrogens (primary N) is 1. The average Bonchev–Trinajstić information content (AvgIpc) is 1.97. The van der Waals surface area contributed by atoms with Crippen molar-refractivity contribution in [2.75, 3.05) is 40.8 Å². The van der Waals surface area contributed by atoms with Crippen LogP contribution in [0, 0.1) is 0 Å². The molecule has 5 heteroatoms. The number of hydrogen-bond acceptors (Lipinski definition) is 3. The molecule has 0 amide bonds. The second-order valence-electron chi connectivity index (χ2n) is 3.73. The van der Waals surface area contributed by atoms with Gasteiger partial charge in [0.2, 0.25) is 0 Å². The number of quaternary nitrogens is 1. The summed E-state index contributed by atoms with van der Waals surface area (Å²) in [5, 5.41) is 0.504. The Morgan fingerprint density at radius 2 is 2.08 bits per heavy atom. The molecule has 0 saturated carbocycles. The maximum atomic E-state index is 5.52. The van der Waals surface area contributed by atoms with Crippen LogP contribution in [0.2, 0.25) is 0 Å². The Morgan fingerprint density at radius 1 is 1.46 bits per heavy atom. The van der Waals surface area contributed by atoms with Crippen molar-refractivity contribution >= 4 is 17.2 Å². The Morgan fingerprint density at radius 3 is 2.54 bits per heavy atom. The van der Waals surface area contributed by atoms with Crippen molar-refractivity contribution < 1.29 is 8.67 Å². The molecule has 0 aliphatic rings. The van der Waals surface area contributed by atoms with E-state index < -0.39 is 0 Å². The first-order valence-electron chi connectivity index (χ1n) is 4.35. The average molecular weight is 206 g/mol. The van der Waals surface area contributed by atoms with Gasteiger partial charge in [-0.2, -0.15) is 0 Å². The summed E-state index contributed by atoms with van der Waals surface area (Å²) < 4.78 is 6.16. The Kier molecular flexibility index (Phi) is 6.11. The number of aliphatic imine (C=N–C) groups is 1. The van der Waals surface area contributed by atoms with E-state index in [0.717, 1.165) is 23.1 Å². The van der Waals surface area contributed by atoms with Gasteiger partial charge in [0, 0.05) is 6.54 Å². The van der Waals surface area contributed by atoms with Crippen LogP contribution >= 0.6 is 12.0 Å². The van der Waals surface area contributed by atoms with Crippen molar-refractivity contribution in [1.82, 2.24) is 0 Å². The lowest BCUT2D eigenvalue weighted by Crippen LogP contribution is -2.37. The lowest BCUT2D eigenvalue weighted by atomic mass is 10.5. The van der Waals surface area contributed by atoms with Crippen LogP contribution in [-0.4, -0.2) is 50.5 Å². The van der Waals surface area contributed by atoms with E-state index in [1.54, 1.807) is 0 Å². The Balaban J connectivity index is 3.41. The summed E-state index contributed by atoms with van der Waals surface area (Å²) in [6.07, 6.45) is 0. The molecule has 0 fully saturated rings. The quantitative estimate of drug-likeness (QED) is 0.237. The predicted molar refractivity (Wildman–Crippen MR) is 58.6 cm³/mol. The summed E-state index contributed by atoms with van der Waals surface area (Å²) >= 11 is 1.16. The minimum absolute atomic E-state index is 0.504. The van der Waals surface area contributed by atoms with Gasteiger partial charge in [-0.3, -0.25) is 4.99 Å². The molecule has 0 unspecified atom stereocenters. The van der Waals surface area contributed by atoms with Crippen molar-refractivity contribution in [3.63, 3.8) is 0 Å². The standard InChI is InChI=1S/C8H20N3OS/c1-5-10-8(9)13-12-7-6-11(2,3)4/h5-7H2,1-4H3,(H2,9,10)/q+1. The summed E-state index contributed by atoms with van der Waals surface area (Å²) in [4.78, 5) is 3.99. The van der Waals surface area contributed by atoms with Crippen molar-refractivity contribution in [3.8, 4) is 0 Å². The molecule has 78 valence electrons. The summed E-state index contributed by atoms with van der Waals surface area (Å²) in [6, 6.07) is 0. The second kappa shape index (κ2) is 6.23. The van der Waals surface area contributed by atoms with Crippen molar-refractivity contribution in [3.05, 3.63) is 0 Å². The largest absolute Gasteiger partial charge is 0.377 e. The zero-order chi connectivity index (χ0) is 10.3. The fourth-order valence-electron chi connectivity index (χ4n) is 0.595. The molecule has 0 heterocycles. The number of amidine groups is 1. The molecule has 0 bridgehead atoms. The monoisotopic (exact) mass is 206 g/mol. The van der Waals surface area contributed by atoms with E-state index in [2.05, 4.69) is 26.1 Å². The fourth-order valence-corrected chi connectivity index (χ4v) is 1.06. The van der Waals surface area contributed by atoms with E-state index in [9.17, 15) is 0 Å². The molecular weight excluding hydrogens is 186 g/mol. The molecule has 0 aromatic rings. The van der Waals surface area contributed by atoms with Gasteiger partial charge in [-0.25, -0.2) is 0 Å². The highest BCUT2D eigenvalue weighted by molar-refractivity contribution is 8.09. The zero-order valence-corrected chi connectivity index (χ0v) is 9.73. The molecule has 0 aliphatic heterocycles. The SMILES string of the molecule is CCN=C(N)SOCC[N+](C)(C)C. The van der Waals surface area contributed by atoms with Crippen LogP contribution in [0.4, 0.5) is 0 Å². The minimum Gasteiger partial charge on any atom is -0.377 e. The molecule has 0 saturated heterocycles. The first-order valence-corrected chi connectivity index (χ1v) is 5.09. The van der Waals surface area contributed by atoms with Gasteiger partial charge in [0.25, 0.3) is 0 Å². The van der Waals surface area contributed by atoms with Crippen LogP contribution < -0.4 is 5.73 Å². The van der Waals surface area contributed by atoms with Crippen molar-refractivity contribution in [2.24, 2.45) is 10.7 Å². The van der Waals surface area contributed by atoms with Crippen LogP contribution in [0.25, 0.3) is 0 Å². The number of likely N-dealkylation sites (N-methyl/N-ethyl adjacent to an activating group) is 1. The fraction of sp³-hybridized carbons (Fsp3) is 0.875. The van der Waals surface area contributed by atoms with Crippen molar-refractivity contribution in [1.29, 1.82) is 0 Å². The molecule has 4 nitrogen and oxygen atoms in total. The minimum atomic E-state index is 0.504. The maximum absolute atomic E-state index is 5.52. The molecule has 13 heavy (non-hydrogen) atoms. The van der Waals surface area contributed by atoms with Crippen LogP contribution in [0.5, 0.6) is 0 Å². The van der Waals surface area contributed by atoms with Gasteiger partial charge in [-0.05, 0) is 6.92 Å². The van der Waals surface area contributed by atoms with Crippen molar-refractivity contribution in [2.45, 2.75) is 6.92 Å². The Hall–Kier alpha value is -0.260. The van der Waals surface area contributed by atoms with Crippen LogP contribution in [-0.2, 0) is 4.18 Å². The highest BCUT2D eigenvalue weighted by atomic mass is 32.2. The smallest absolute Gasteiger partial charge is 0.181 e. The number of rotatable bonds is 5. The summed E-state index contributed by atoms with van der Waals surface area (Å²) in [5.41, 5.74) is 5.52. The molecule has 0 aromatic heterocycles. The molecule has 0 atom stereocenters. The summed E-state index contributed by atoms with van der Waals surface area (Å²) in [5.74, 6) is 0. The van der Waals surface area contributed by atoms with Gasteiger partial charge in [-0.15, -0.1) is 0 Å². The van der Waals surface area contributed by atoms with Gasteiger partial charge in [0.1, 0.15) is 13.2 Å². The second-order valence-corrected chi connectivity index (χ2v) is 4.55. The summed E-state index contributed by atoms with van der Waals surface area (Å²) in [6.45, 7) is 4.30. The number of nitrogens with zero attached hydrogens (tertiary/aromatic N) is 2. The van der Waals surface area contributed by atoms with E-state index >= 15 is 0 Å². The zero-order valence-electron chi connectivity index (χ0n) is 8.91. The van der Waals surface area contributed by atoms with Gasteiger partial charge < -0.3 is 14.4 Å². The van der Waals surface area contributed by atoms with E-state index in [1.807, 2.05) is 6.92 Å². The van der Waals surface area contributed by atoms with Crippen LogP contribution in [0.3, 0.4) is 0 Å². The maximum Gasteiger partial charge on any atom is 0.181 e. The van der Waals surface area contributed by atoms with E-state index in [0.29, 0.717) is 18.3 Å². The van der Waals surface area contributed by atoms with Crippen LogP contribution in [0.15, 0.2) is 4.99 Å². The summed E-state index contributed by atoms with van der Waals surface area (Å²) in [7, 11) is 6.37. The molecule has 0 spiro atoms. The van der Waals surface area contributed by atoms with Crippen LogP contribution in [0.1, 0.15) is 6.92 Å². The first kappa shape index (κ1) is 12.7. The number of hydrogen-bond donors (Lipinski definition) is 1. The highest BCUT2D eigenvalue weighted by Crippen LogP contribution is 2.02. The third kappa shape index (κ3) is 9.66. The Bertz CT molecular complexity index is 165. The van der Waals surface area contributed by atoms with Gasteiger partial charge >= 0.3 is 0 Å². The van der Waals surface area contributed by atoms with E-state index in [1.165, 1.54) is 0 Å². The molecule has 0 aromatic carbocycles.